The van der Waals surface area contributed by atoms with Gasteiger partial charge >= 0.3 is 0 Å². The van der Waals surface area contributed by atoms with Crippen LogP contribution in [0.4, 0.5) is 0 Å². The Morgan fingerprint density at radius 3 is 2.84 bits per heavy atom. The predicted octanol–water partition coefficient (Wildman–Crippen LogP) is 4.83. The standard InChI is InChI=1S/C25H27NO5/c1-3-12-30-22-11-10-18(14-23(22)28-2)16-26(17-20-8-6-13-29-20)25(27)24-15-19-7-4-5-9-21(19)31-24/h3-5,7,9-11,14-15,20H,1,6,8,12-13,16-17H2,2H3. The smallest absolute Gasteiger partial charge is 0.289 e. The number of furan rings is 1. The summed E-state index contributed by atoms with van der Waals surface area (Å²) < 4.78 is 22.7. The zero-order valence-corrected chi connectivity index (χ0v) is 17.7. The van der Waals surface area contributed by atoms with Crippen molar-refractivity contribution >= 4 is 16.9 Å². The Kier molecular flexibility index (Phi) is 6.57. The summed E-state index contributed by atoms with van der Waals surface area (Å²) in [4.78, 5) is 15.2. The summed E-state index contributed by atoms with van der Waals surface area (Å²) in [6.45, 7) is 5.72. The molecule has 1 atom stereocenters. The van der Waals surface area contributed by atoms with Gasteiger partial charge in [-0.25, -0.2) is 0 Å². The van der Waals surface area contributed by atoms with Crippen LogP contribution in [0.15, 0.2) is 65.6 Å². The lowest BCUT2D eigenvalue weighted by atomic mass is 10.1. The van der Waals surface area contributed by atoms with Crippen LogP contribution < -0.4 is 9.47 Å². The molecule has 2 heterocycles. The Balaban J connectivity index is 1.58. The van der Waals surface area contributed by atoms with Crippen molar-refractivity contribution in [1.82, 2.24) is 4.90 Å². The van der Waals surface area contributed by atoms with Gasteiger partial charge in [-0.2, -0.15) is 0 Å². The lowest BCUT2D eigenvalue weighted by molar-refractivity contribution is 0.0485. The van der Waals surface area contributed by atoms with Crippen molar-refractivity contribution in [2.45, 2.75) is 25.5 Å². The minimum absolute atomic E-state index is 0.0328. The van der Waals surface area contributed by atoms with Gasteiger partial charge in [0.25, 0.3) is 5.91 Å². The molecule has 6 heteroatoms. The van der Waals surface area contributed by atoms with Crippen LogP contribution in [0.5, 0.6) is 11.5 Å². The molecule has 0 bridgehead atoms. The molecule has 31 heavy (non-hydrogen) atoms. The Morgan fingerprint density at radius 1 is 1.23 bits per heavy atom. The number of fused-ring (bicyclic) bond motifs is 1. The van der Waals surface area contributed by atoms with Crippen LogP contribution >= 0.6 is 0 Å². The third-order valence-corrected chi connectivity index (χ3v) is 5.33. The van der Waals surface area contributed by atoms with Crippen LogP contribution in [0, 0.1) is 0 Å². The van der Waals surface area contributed by atoms with Crippen LogP contribution in [0.25, 0.3) is 11.0 Å². The van der Waals surface area contributed by atoms with Crippen LogP contribution in [0.3, 0.4) is 0 Å². The minimum Gasteiger partial charge on any atom is -0.493 e. The number of para-hydroxylation sites is 1. The van der Waals surface area contributed by atoms with Crippen LogP contribution in [0.1, 0.15) is 29.0 Å². The van der Waals surface area contributed by atoms with Gasteiger partial charge in [0.15, 0.2) is 17.3 Å². The monoisotopic (exact) mass is 421 g/mol. The van der Waals surface area contributed by atoms with Crippen LogP contribution in [-0.4, -0.2) is 43.8 Å². The van der Waals surface area contributed by atoms with Crippen molar-refractivity contribution in [3.05, 3.63) is 72.5 Å². The average molecular weight is 421 g/mol. The Hall–Kier alpha value is -3.25. The summed E-state index contributed by atoms with van der Waals surface area (Å²) in [5.41, 5.74) is 1.64. The summed E-state index contributed by atoms with van der Waals surface area (Å²) >= 11 is 0. The Labute approximate surface area is 182 Å². The molecule has 0 N–H and O–H groups in total. The maximum Gasteiger partial charge on any atom is 0.289 e. The van der Waals surface area contributed by atoms with Gasteiger partial charge in [-0.1, -0.05) is 36.9 Å². The van der Waals surface area contributed by atoms with E-state index in [9.17, 15) is 4.79 Å². The number of carbonyl (C=O) groups excluding carboxylic acids is 1. The second-order valence-corrected chi connectivity index (χ2v) is 7.55. The topological polar surface area (TPSA) is 61.1 Å². The van der Waals surface area contributed by atoms with Gasteiger partial charge in [0.05, 0.1) is 13.2 Å². The summed E-state index contributed by atoms with van der Waals surface area (Å²) in [5, 5.41) is 0.910. The van der Waals surface area contributed by atoms with E-state index in [1.54, 1.807) is 24.2 Å². The maximum atomic E-state index is 13.4. The van der Waals surface area contributed by atoms with E-state index >= 15 is 0 Å². The van der Waals surface area contributed by atoms with E-state index < -0.39 is 0 Å². The number of methoxy groups -OCH3 is 1. The number of hydrogen-bond acceptors (Lipinski definition) is 5. The van der Waals surface area contributed by atoms with E-state index in [-0.39, 0.29) is 12.0 Å². The molecule has 1 aromatic heterocycles. The highest BCUT2D eigenvalue weighted by atomic mass is 16.5. The molecule has 4 rings (SSSR count). The fourth-order valence-corrected chi connectivity index (χ4v) is 3.80. The number of carbonyl (C=O) groups is 1. The summed E-state index contributed by atoms with van der Waals surface area (Å²) in [5.74, 6) is 1.43. The molecule has 1 aliphatic heterocycles. The van der Waals surface area contributed by atoms with Crippen molar-refractivity contribution in [2.24, 2.45) is 0 Å². The van der Waals surface area contributed by atoms with Gasteiger partial charge in [0, 0.05) is 25.1 Å². The number of hydrogen-bond donors (Lipinski definition) is 0. The first-order valence-corrected chi connectivity index (χ1v) is 10.5. The van der Waals surface area contributed by atoms with Gasteiger partial charge in [-0.05, 0) is 42.7 Å². The number of amides is 1. The van der Waals surface area contributed by atoms with Gasteiger partial charge in [0.2, 0.25) is 0 Å². The highest BCUT2D eigenvalue weighted by Gasteiger charge is 2.26. The normalized spacial score (nSPS) is 15.7. The molecule has 2 aromatic carbocycles. The molecule has 1 saturated heterocycles. The van der Waals surface area contributed by atoms with Crippen molar-refractivity contribution < 1.29 is 23.4 Å². The largest absolute Gasteiger partial charge is 0.493 e. The highest BCUT2D eigenvalue weighted by molar-refractivity contribution is 5.96. The predicted molar refractivity (Wildman–Crippen MR) is 119 cm³/mol. The molecule has 0 saturated carbocycles. The average Bonchev–Trinajstić information content (AvgIpc) is 3.46. The fourth-order valence-electron chi connectivity index (χ4n) is 3.80. The summed E-state index contributed by atoms with van der Waals surface area (Å²) in [6.07, 6.45) is 3.68. The highest BCUT2D eigenvalue weighted by Crippen LogP contribution is 2.29. The summed E-state index contributed by atoms with van der Waals surface area (Å²) in [7, 11) is 1.60. The van der Waals surface area contributed by atoms with E-state index in [0.717, 1.165) is 30.4 Å². The number of rotatable bonds is 9. The van der Waals surface area contributed by atoms with Gasteiger partial charge in [-0.3, -0.25) is 4.79 Å². The van der Waals surface area contributed by atoms with E-state index in [1.165, 1.54) is 0 Å². The third kappa shape index (κ3) is 4.91. The molecular weight excluding hydrogens is 394 g/mol. The van der Waals surface area contributed by atoms with Crippen LogP contribution in [0.2, 0.25) is 0 Å². The molecule has 1 fully saturated rings. The molecule has 0 radical (unpaired) electrons. The van der Waals surface area contributed by atoms with E-state index in [0.29, 0.717) is 42.5 Å². The van der Waals surface area contributed by atoms with Crippen molar-refractivity contribution in [3.8, 4) is 11.5 Å². The molecule has 0 spiro atoms. The third-order valence-electron chi connectivity index (χ3n) is 5.33. The Bertz CT molecular complexity index is 1020. The molecule has 1 unspecified atom stereocenters. The minimum atomic E-state index is -0.155. The van der Waals surface area contributed by atoms with E-state index in [4.69, 9.17) is 18.6 Å². The first kappa shape index (κ1) is 21.0. The molecule has 162 valence electrons. The molecule has 1 amide bonds. The first-order chi connectivity index (χ1) is 15.2. The van der Waals surface area contributed by atoms with Crippen molar-refractivity contribution in [1.29, 1.82) is 0 Å². The van der Waals surface area contributed by atoms with Crippen molar-refractivity contribution in [2.75, 3.05) is 26.9 Å². The SMILES string of the molecule is C=CCOc1ccc(CN(CC2CCCO2)C(=O)c2cc3ccccc3o2)cc1OC. The molecule has 0 aliphatic carbocycles. The quantitative estimate of drug-likeness (QED) is 0.463. The number of benzene rings is 2. The van der Waals surface area contributed by atoms with Crippen molar-refractivity contribution in [3.63, 3.8) is 0 Å². The van der Waals surface area contributed by atoms with Gasteiger partial charge in [-0.15, -0.1) is 0 Å². The number of ether oxygens (including phenoxy) is 3. The molecular formula is C25H27NO5. The number of nitrogens with zero attached hydrogens (tertiary/aromatic N) is 1. The first-order valence-electron chi connectivity index (χ1n) is 10.5. The fraction of sp³-hybridized carbons (Fsp3) is 0.320. The molecule has 6 nitrogen and oxygen atoms in total. The Morgan fingerprint density at radius 2 is 2.10 bits per heavy atom. The zero-order valence-electron chi connectivity index (χ0n) is 17.7. The molecule has 3 aromatic rings. The van der Waals surface area contributed by atoms with E-state index in [2.05, 4.69) is 6.58 Å². The van der Waals surface area contributed by atoms with Gasteiger partial charge in [0.1, 0.15) is 12.2 Å². The van der Waals surface area contributed by atoms with Crippen LogP contribution in [-0.2, 0) is 11.3 Å². The van der Waals surface area contributed by atoms with E-state index in [1.807, 2.05) is 42.5 Å². The summed E-state index contributed by atoms with van der Waals surface area (Å²) in [6, 6.07) is 15.1. The lowest BCUT2D eigenvalue weighted by Crippen LogP contribution is -2.36. The maximum absolute atomic E-state index is 13.4. The zero-order chi connectivity index (χ0) is 21.6. The molecule has 1 aliphatic rings. The second-order valence-electron chi connectivity index (χ2n) is 7.55. The van der Waals surface area contributed by atoms with Gasteiger partial charge < -0.3 is 23.5 Å². The second kappa shape index (κ2) is 9.71. The lowest BCUT2D eigenvalue weighted by Gasteiger charge is -2.25.